The molecule has 2 heterocycles. The van der Waals surface area contributed by atoms with Gasteiger partial charge < -0.3 is 34.6 Å². The number of nitrogens with zero attached hydrogens (tertiary/aromatic N) is 3. The van der Waals surface area contributed by atoms with Crippen LogP contribution in [0, 0.1) is 17.8 Å². The Morgan fingerprint density at radius 1 is 0.931 bits per heavy atom. The third kappa shape index (κ3) is 10.8. The Morgan fingerprint density at radius 3 is 2.21 bits per heavy atom. The highest BCUT2D eigenvalue weighted by atomic mass is 16.5. The zero-order chi connectivity index (χ0) is 42.9. The van der Waals surface area contributed by atoms with Crippen LogP contribution in [0.5, 0.6) is 0 Å². The predicted molar refractivity (Wildman–Crippen MR) is 224 cm³/mol. The molecule has 4 rings (SSSR count). The van der Waals surface area contributed by atoms with E-state index in [1.807, 2.05) is 45.7 Å². The monoisotopic (exact) mass is 812 g/mol. The Bertz CT molecular complexity index is 1590. The fourth-order valence-corrected chi connectivity index (χ4v) is 9.51. The van der Waals surface area contributed by atoms with E-state index in [9.17, 15) is 24.0 Å². The third-order valence-electron chi connectivity index (χ3n) is 13.6. The minimum absolute atomic E-state index is 0.0173. The quantitative estimate of drug-likeness (QED) is 0.195. The Labute approximate surface area is 347 Å². The summed E-state index contributed by atoms with van der Waals surface area (Å²) >= 11 is 0. The van der Waals surface area contributed by atoms with Crippen molar-refractivity contribution in [3.63, 3.8) is 0 Å². The summed E-state index contributed by atoms with van der Waals surface area (Å²) < 4.78 is 17.2. The molecule has 9 atom stereocenters. The SMILES string of the molecule is CC[C@H](C)[C@@H]([C@@H](CC(=O)N1CCC[C@H]1[C@H](OC)[C@@H](C)C(=O)N[C@@H](Cc1ccc2c(c1)CCCC2)C(=O)OC)OC)N(C)C(=O)C(NC(=O)[C@]1(C)CCCN1C)C(C)C. The fraction of sp³-hybridized carbons (Fsp3) is 0.756. The number of amides is 4. The molecule has 2 N–H and O–H groups in total. The maximum atomic E-state index is 14.3. The average Bonchev–Trinajstić information content (AvgIpc) is 3.84. The molecule has 0 spiro atoms. The smallest absolute Gasteiger partial charge is 0.328 e. The van der Waals surface area contributed by atoms with Crippen LogP contribution in [0.15, 0.2) is 18.2 Å². The van der Waals surface area contributed by atoms with Gasteiger partial charge in [-0.2, -0.15) is 0 Å². The highest BCUT2D eigenvalue weighted by molar-refractivity contribution is 5.92. The summed E-state index contributed by atoms with van der Waals surface area (Å²) in [5.74, 6) is -2.29. The minimum atomic E-state index is -0.879. The Kier molecular flexibility index (Phi) is 17.2. The number of likely N-dealkylation sites (N-methyl/N-ethyl adjacent to an activating group) is 2. The first kappa shape index (κ1) is 47.1. The van der Waals surface area contributed by atoms with Crippen molar-refractivity contribution in [1.82, 2.24) is 25.3 Å². The van der Waals surface area contributed by atoms with Gasteiger partial charge in [-0.25, -0.2) is 4.79 Å². The van der Waals surface area contributed by atoms with Crippen LogP contribution in [0.4, 0.5) is 0 Å². The topological polar surface area (TPSA) is 147 Å². The number of carbonyl (C=O) groups excluding carboxylic acids is 5. The van der Waals surface area contributed by atoms with Gasteiger partial charge in [0, 0.05) is 34.2 Å². The van der Waals surface area contributed by atoms with E-state index >= 15 is 0 Å². The van der Waals surface area contributed by atoms with E-state index in [0.717, 1.165) is 57.1 Å². The second kappa shape index (κ2) is 21.1. The zero-order valence-corrected chi connectivity index (χ0v) is 37.2. The summed E-state index contributed by atoms with van der Waals surface area (Å²) in [5.41, 5.74) is 2.92. The van der Waals surface area contributed by atoms with Crippen LogP contribution < -0.4 is 10.6 Å². The number of hydrogen-bond acceptors (Lipinski definition) is 9. The first-order valence-electron chi connectivity index (χ1n) is 21.7. The number of ether oxygens (including phenoxy) is 3. The van der Waals surface area contributed by atoms with Gasteiger partial charge in [0.15, 0.2) is 0 Å². The van der Waals surface area contributed by atoms with Crippen molar-refractivity contribution >= 4 is 29.6 Å². The van der Waals surface area contributed by atoms with E-state index in [1.165, 1.54) is 24.7 Å². The summed E-state index contributed by atoms with van der Waals surface area (Å²) in [6.45, 7) is 13.0. The van der Waals surface area contributed by atoms with E-state index < -0.39 is 47.8 Å². The molecular weight excluding hydrogens is 739 g/mol. The number of rotatable bonds is 19. The summed E-state index contributed by atoms with van der Waals surface area (Å²) in [6, 6.07) is 3.83. The largest absolute Gasteiger partial charge is 0.467 e. The van der Waals surface area contributed by atoms with Crippen molar-refractivity contribution in [2.24, 2.45) is 17.8 Å². The molecule has 0 aromatic heterocycles. The van der Waals surface area contributed by atoms with Crippen LogP contribution in [0.3, 0.4) is 0 Å². The molecule has 0 saturated carbocycles. The van der Waals surface area contributed by atoms with Gasteiger partial charge in [-0.05, 0) is 100 Å². The van der Waals surface area contributed by atoms with Crippen LogP contribution in [-0.4, -0.2) is 135 Å². The highest BCUT2D eigenvalue weighted by Crippen LogP contribution is 2.31. The number of likely N-dealkylation sites (tertiary alicyclic amines) is 2. The number of nitrogens with one attached hydrogen (secondary N) is 2. The van der Waals surface area contributed by atoms with Gasteiger partial charge >= 0.3 is 5.97 Å². The molecule has 13 heteroatoms. The number of hydrogen-bond donors (Lipinski definition) is 2. The van der Waals surface area contributed by atoms with Gasteiger partial charge in [-0.1, -0.05) is 59.2 Å². The van der Waals surface area contributed by atoms with E-state index in [1.54, 1.807) is 38.0 Å². The Balaban J connectivity index is 1.47. The molecule has 326 valence electrons. The summed E-state index contributed by atoms with van der Waals surface area (Å²) in [6.07, 6.45) is 7.20. The lowest BCUT2D eigenvalue weighted by Gasteiger charge is -2.41. The maximum absolute atomic E-state index is 14.3. The Morgan fingerprint density at radius 2 is 1.62 bits per heavy atom. The third-order valence-corrected chi connectivity index (χ3v) is 13.6. The molecule has 1 aromatic rings. The van der Waals surface area contributed by atoms with E-state index in [-0.39, 0.29) is 47.9 Å². The van der Waals surface area contributed by atoms with E-state index in [0.29, 0.717) is 19.4 Å². The standard InChI is InChI=1S/C45H73N5O8/c1-12-29(4)39(49(8)42(53)38(28(2)3)47-44(55)45(6)22-16-23-48(45)7)36(56-9)27-37(51)50-24-15-19-35(50)40(57-10)30(5)41(52)46-34(43(54)58-11)26-31-20-21-32-17-13-14-18-33(32)25-31/h20-21,25,28-30,34-36,38-40H,12-19,22-24,26-27H2,1-11H3,(H,46,52)(H,47,55)/t29-,30+,34-,35-,36+,38?,39-,40+,45-/m0/s1. The molecule has 1 aromatic carbocycles. The number of esters is 1. The van der Waals surface area contributed by atoms with Gasteiger partial charge in [0.05, 0.1) is 49.3 Å². The Hall–Kier alpha value is -3.55. The van der Waals surface area contributed by atoms with Crippen molar-refractivity contribution < 1.29 is 38.2 Å². The van der Waals surface area contributed by atoms with Gasteiger partial charge in [0.2, 0.25) is 23.6 Å². The molecule has 4 amide bonds. The number of carbonyl (C=O) groups is 5. The van der Waals surface area contributed by atoms with Crippen LogP contribution >= 0.6 is 0 Å². The number of benzene rings is 1. The fourth-order valence-electron chi connectivity index (χ4n) is 9.51. The lowest BCUT2D eigenvalue weighted by atomic mass is 9.89. The lowest BCUT2D eigenvalue weighted by molar-refractivity contribution is -0.149. The molecule has 3 aliphatic rings. The van der Waals surface area contributed by atoms with Crippen LogP contribution in [-0.2, 0) is 57.4 Å². The zero-order valence-electron chi connectivity index (χ0n) is 37.2. The first-order valence-corrected chi connectivity index (χ1v) is 21.7. The molecule has 0 radical (unpaired) electrons. The van der Waals surface area contributed by atoms with Gasteiger partial charge in [0.1, 0.15) is 12.1 Å². The van der Waals surface area contributed by atoms with Crippen molar-refractivity contribution in [2.45, 2.75) is 154 Å². The lowest BCUT2D eigenvalue weighted by Crippen LogP contribution is -2.61. The number of fused-ring (bicyclic) bond motifs is 1. The maximum Gasteiger partial charge on any atom is 0.328 e. The van der Waals surface area contributed by atoms with E-state index in [4.69, 9.17) is 14.2 Å². The molecule has 1 unspecified atom stereocenters. The van der Waals surface area contributed by atoms with Crippen molar-refractivity contribution in [3.8, 4) is 0 Å². The van der Waals surface area contributed by atoms with Gasteiger partial charge in [-0.15, -0.1) is 0 Å². The number of methoxy groups -OCH3 is 3. The van der Waals surface area contributed by atoms with Gasteiger partial charge in [-0.3, -0.25) is 24.1 Å². The molecule has 2 aliphatic heterocycles. The van der Waals surface area contributed by atoms with Crippen molar-refractivity contribution in [3.05, 3.63) is 34.9 Å². The van der Waals surface area contributed by atoms with Crippen molar-refractivity contribution in [1.29, 1.82) is 0 Å². The molecule has 58 heavy (non-hydrogen) atoms. The first-order chi connectivity index (χ1) is 27.5. The second-order valence-corrected chi connectivity index (χ2v) is 17.7. The minimum Gasteiger partial charge on any atom is -0.467 e. The highest BCUT2D eigenvalue weighted by Gasteiger charge is 2.45. The van der Waals surface area contributed by atoms with Crippen LogP contribution in [0.1, 0.15) is 110 Å². The summed E-state index contributed by atoms with van der Waals surface area (Å²) in [4.78, 5) is 74.6. The molecule has 0 bridgehead atoms. The summed E-state index contributed by atoms with van der Waals surface area (Å²) in [7, 11) is 8.12. The normalized spacial score (nSPS) is 23.2. The molecule has 2 saturated heterocycles. The predicted octanol–water partition coefficient (Wildman–Crippen LogP) is 4.31. The summed E-state index contributed by atoms with van der Waals surface area (Å²) in [5, 5.41) is 6.03. The molecule has 1 aliphatic carbocycles. The van der Waals surface area contributed by atoms with E-state index in [2.05, 4.69) is 29.7 Å². The molecule has 2 fully saturated rings. The average molecular weight is 812 g/mol. The number of aryl methyl sites for hydroxylation is 2. The van der Waals surface area contributed by atoms with Crippen LogP contribution in [0.2, 0.25) is 0 Å². The second-order valence-electron chi connectivity index (χ2n) is 17.7. The van der Waals surface area contributed by atoms with Gasteiger partial charge in [0.25, 0.3) is 0 Å². The molecule has 13 nitrogen and oxygen atoms in total. The van der Waals surface area contributed by atoms with Crippen molar-refractivity contribution in [2.75, 3.05) is 48.5 Å². The van der Waals surface area contributed by atoms with Crippen LogP contribution in [0.25, 0.3) is 0 Å². The molecular formula is C45H73N5O8.